The van der Waals surface area contributed by atoms with Gasteiger partial charge in [-0.25, -0.2) is 0 Å². The second kappa shape index (κ2) is 9.86. The van der Waals surface area contributed by atoms with Crippen molar-refractivity contribution in [1.82, 2.24) is 0 Å². The molecule has 1 heterocycles. The van der Waals surface area contributed by atoms with Gasteiger partial charge in [0, 0.05) is 26.2 Å². The minimum atomic E-state index is 0.243. The van der Waals surface area contributed by atoms with Crippen molar-refractivity contribution < 1.29 is 14.2 Å². The molecule has 0 N–H and O–H groups in total. The Balaban J connectivity index is 2.06. The molecule has 0 aromatic heterocycles. The van der Waals surface area contributed by atoms with E-state index in [9.17, 15) is 0 Å². The normalized spacial score (nSPS) is 25.1. The maximum Gasteiger partial charge on any atom is 0.0833 e. The summed E-state index contributed by atoms with van der Waals surface area (Å²) < 4.78 is 17.1. The summed E-state index contributed by atoms with van der Waals surface area (Å²) in [6, 6.07) is 0. The fourth-order valence-corrected chi connectivity index (χ4v) is 1.97. The van der Waals surface area contributed by atoms with Crippen LogP contribution < -0.4 is 0 Å². The number of hydrogen-bond acceptors (Lipinski definition) is 3. The van der Waals surface area contributed by atoms with Crippen LogP contribution >= 0.6 is 0 Å². The van der Waals surface area contributed by atoms with Crippen molar-refractivity contribution in [2.75, 3.05) is 26.4 Å². The zero-order valence-electron chi connectivity index (χ0n) is 11.5. The molecule has 0 amide bonds. The van der Waals surface area contributed by atoms with Crippen LogP contribution in [0, 0.1) is 0 Å². The van der Waals surface area contributed by atoms with Crippen LogP contribution in [0.4, 0.5) is 0 Å². The maximum absolute atomic E-state index is 5.85. The molecule has 0 unspecified atom stereocenters. The van der Waals surface area contributed by atoms with Crippen molar-refractivity contribution in [3.63, 3.8) is 0 Å². The van der Waals surface area contributed by atoms with Crippen molar-refractivity contribution in [2.24, 2.45) is 0 Å². The standard InChI is InChI=1S/C14H28O3/c1-3-5-8-15-12-14-11-13(7-10-17-14)16-9-6-4-2/h13-14H,3-12H2,1-2H3/t13-,14+/m1/s1. The van der Waals surface area contributed by atoms with Crippen molar-refractivity contribution in [3.05, 3.63) is 0 Å². The average molecular weight is 244 g/mol. The summed E-state index contributed by atoms with van der Waals surface area (Å²) in [7, 11) is 0. The second-order valence-electron chi connectivity index (χ2n) is 4.79. The summed E-state index contributed by atoms with van der Waals surface area (Å²) in [5.41, 5.74) is 0. The van der Waals surface area contributed by atoms with Crippen LogP contribution in [0.3, 0.4) is 0 Å². The Hall–Kier alpha value is -0.120. The first-order valence-corrected chi connectivity index (χ1v) is 7.17. The van der Waals surface area contributed by atoms with E-state index in [1.807, 2.05) is 0 Å². The van der Waals surface area contributed by atoms with Crippen molar-refractivity contribution in [3.8, 4) is 0 Å². The van der Waals surface area contributed by atoms with Crippen molar-refractivity contribution in [1.29, 1.82) is 0 Å². The summed E-state index contributed by atoms with van der Waals surface area (Å²) in [5.74, 6) is 0. The van der Waals surface area contributed by atoms with Crippen LogP contribution in [0.5, 0.6) is 0 Å². The highest BCUT2D eigenvalue weighted by Gasteiger charge is 2.22. The first-order chi connectivity index (χ1) is 8.36. The van der Waals surface area contributed by atoms with E-state index in [1.54, 1.807) is 0 Å². The van der Waals surface area contributed by atoms with Gasteiger partial charge in [0.05, 0.1) is 18.8 Å². The molecule has 1 aliphatic heterocycles. The first-order valence-electron chi connectivity index (χ1n) is 7.17. The Bertz CT molecular complexity index is 173. The summed E-state index contributed by atoms with van der Waals surface area (Å²) in [4.78, 5) is 0. The van der Waals surface area contributed by atoms with Gasteiger partial charge in [0.15, 0.2) is 0 Å². The minimum Gasteiger partial charge on any atom is -0.379 e. The molecular formula is C14H28O3. The molecule has 0 radical (unpaired) electrons. The van der Waals surface area contributed by atoms with Gasteiger partial charge in [0.1, 0.15) is 0 Å². The molecule has 0 aromatic rings. The molecule has 1 saturated heterocycles. The molecule has 0 spiro atoms. The van der Waals surface area contributed by atoms with Crippen LogP contribution in [-0.4, -0.2) is 38.6 Å². The van der Waals surface area contributed by atoms with Gasteiger partial charge in [-0.1, -0.05) is 26.7 Å². The fourth-order valence-electron chi connectivity index (χ4n) is 1.97. The Morgan fingerprint density at radius 3 is 2.65 bits per heavy atom. The number of ether oxygens (including phenoxy) is 3. The molecule has 3 nitrogen and oxygen atoms in total. The second-order valence-corrected chi connectivity index (χ2v) is 4.79. The van der Waals surface area contributed by atoms with Crippen LogP contribution in [0.1, 0.15) is 52.4 Å². The largest absolute Gasteiger partial charge is 0.379 e. The van der Waals surface area contributed by atoms with Gasteiger partial charge in [-0.3, -0.25) is 0 Å². The molecule has 1 aliphatic rings. The molecule has 2 atom stereocenters. The molecule has 1 fully saturated rings. The SMILES string of the molecule is CCCCOC[C@@H]1C[C@H](OCCCC)CCO1. The Morgan fingerprint density at radius 2 is 1.88 bits per heavy atom. The van der Waals surface area contributed by atoms with E-state index in [0.717, 1.165) is 52.1 Å². The van der Waals surface area contributed by atoms with Gasteiger partial charge < -0.3 is 14.2 Å². The zero-order valence-corrected chi connectivity index (χ0v) is 11.5. The van der Waals surface area contributed by atoms with Crippen LogP contribution in [0.25, 0.3) is 0 Å². The number of unbranched alkanes of at least 4 members (excludes halogenated alkanes) is 2. The summed E-state index contributed by atoms with van der Waals surface area (Å²) >= 11 is 0. The smallest absolute Gasteiger partial charge is 0.0833 e. The molecule has 17 heavy (non-hydrogen) atoms. The third kappa shape index (κ3) is 7.02. The lowest BCUT2D eigenvalue weighted by molar-refractivity contribution is -0.0979. The predicted molar refractivity (Wildman–Crippen MR) is 69.3 cm³/mol. The highest BCUT2D eigenvalue weighted by molar-refractivity contribution is 4.71. The average Bonchev–Trinajstić information content (AvgIpc) is 2.36. The number of hydrogen-bond donors (Lipinski definition) is 0. The van der Waals surface area contributed by atoms with Gasteiger partial charge in [-0.15, -0.1) is 0 Å². The van der Waals surface area contributed by atoms with Gasteiger partial charge in [-0.05, 0) is 19.3 Å². The summed E-state index contributed by atoms with van der Waals surface area (Å²) in [6.07, 6.45) is 7.35. The van der Waals surface area contributed by atoms with E-state index in [1.165, 1.54) is 12.8 Å². The molecule has 0 bridgehead atoms. The van der Waals surface area contributed by atoms with Crippen LogP contribution in [0.15, 0.2) is 0 Å². The highest BCUT2D eigenvalue weighted by atomic mass is 16.5. The molecule has 0 aliphatic carbocycles. The molecule has 0 saturated carbocycles. The van der Waals surface area contributed by atoms with Gasteiger partial charge >= 0.3 is 0 Å². The van der Waals surface area contributed by atoms with E-state index in [4.69, 9.17) is 14.2 Å². The molecule has 1 rings (SSSR count). The summed E-state index contributed by atoms with van der Waals surface area (Å²) in [6.45, 7) is 7.67. The fraction of sp³-hybridized carbons (Fsp3) is 1.00. The Morgan fingerprint density at radius 1 is 1.12 bits per heavy atom. The third-order valence-electron chi connectivity index (χ3n) is 3.12. The predicted octanol–water partition coefficient (Wildman–Crippen LogP) is 3.17. The lowest BCUT2D eigenvalue weighted by Crippen LogP contribution is -2.34. The van der Waals surface area contributed by atoms with Gasteiger partial charge in [0.25, 0.3) is 0 Å². The maximum atomic E-state index is 5.85. The van der Waals surface area contributed by atoms with Crippen LogP contribution in [0.2, 0.25) is 0 Å². The topological polar surface area (TPSA) is 27.7 Å². The minimum absolute atomic E-state index is 0.243. The first kappa shape index (κ1) is 14.9. The van der Waals surface area contributed by atoms with E-state index >= 15 is 0 Å². The lowest BCUT2D eigenvalue weighted by atomic mass is 10.1. The zero-order chi connectivity index (χ0) is 12.3. The quantitative estimate of drug-likeness (QED) is 0.583. The Labute approximate surface area is 106 Å². The molecular weight excluding hydrogens is 216 g/mol. The van der Waals surface area contributed by atoms with Crippen LogP contribution in [-0.2, 0) is 14.2 Å². The van der Waals surface area contributed by atoms with E-state index in [0.29, 0.717) is 6.10 Å². The highest BCUT2D eigenvalue weighted by Crippen LogP contribution is 2.17. The van der Waals surface area contributed by atoms with Gasteiger partial charge in [0.2, 0.25) is 0 Å². The summed E-state index contributed by atoms with van der Waals surface area (Å²) in [5, 5.41) is 0. The van der Waals surface area contributed by atoms with E-state index in [2.05, 4.69) is 13.8 Å². The molecule has 0 aromatic carbocycles. The molecule has 3 heteroatoms. The van der Waals surface area contributed by atoms with E-state index < -0.39 is 0 Å². The third-order valence-corrected chi connectivity index (χ3v) is 3.12. The number of rotatable bonds is 9. The van der Waals surface area contributed by atoms with Crippen molar-refractivity contribution in [2.45, 2.75) is 64.6 Å². The lowest BCUT2D eigenvalue weighted by Gasteiger charge is -2.29. The molecule has 102 valence electrons. The van der Waals surface area contributed by atoms with Crippen molar-refractivity contribution >= 4 is 0 Å². The van der Waals surface area contributed by atoms with Gasteiger partial charge in [-0.2, -0.15) is 0 Å². The van der Waals surface area contributed by atoms with E-state index in [-0.39, 0.29) is 6.10 Å². The Kier molecular flexibility index (Phi) is 8.67. The monoisotopic (exact) mass is 244 g/mol.